The van der Waals surface area contributed by atoms with Crippen molar-refractivity contribution in [3.05, 3.63) is 29.7 Å². The maximum absolute atomic E-state index is 5.82. The maximum Gasteiger partial charge on any atom is 0.215 e. The minimum Gasteiger partial charge on any atom is -0.439 e. The van der Waals surface area contributed by atoms with E-state index in [9.17, 15) is 0 Å². The first-order valence-corrected chi connectivity index (χ1v) is 6.76. The molecule has 1 aliphatic rings. The predicted molar refractivity (Wildman–Crippen MR) is 74.3 cm³/mol. The molecule has 0 radical (unpaired) electrons. The zero-order chi connectivity index (χ0) is 13.5. The van der Waals surface area contributed by atoms with Crippen LogP contribution in [-0.4, -0.2) is 24.7 Å². The monoisotopic (exact) mass is 260 g/mol. The molecule has 0 bridgehead atoms. The second-order valence-corrected chi connectivity index (χ2v) is 6.07. The van der Waals surface area contributed by atoms with Gasteiger partial charge in [-0.1, -0.05) is 26.8 Å². The van der Waals surface area contributed by atoms with Crippen LogP contribution in [0.3, 0.4) is 0 Å². The van der Waals surface area contributed by atoms with E-state index >= 15 is 0 Å². The number of fused-ring (bicyclic) bond motifs is 1. The highest BCUT2D eigenvalue weighted by Gasteiger charge is 2.22. The maximum atomic E-state index is 5.82. The molecule has 1 aliphatic heterocycles. The first-order valence-electron chi connectivity index (χ1n) is 6.76. The van der Waals surface area contributed by atoms with Gasteiger partial charge in [0.25, 0.3) is 0 Å². The molecule has 2 heterocycles. The van der Waals surface area contributed by atoms with Crippen LogP contribution in [-0.2, 0) is 10.2 Å². The first-order chi connectivity index (χ1) is 9.04. The van der Waals surface area contributed by atoms with E-state index in [1.165, 1.54) is 5.56 Å². The van der Waals surface area contributed by atoms with Crippen molar-refractivity contribution in [1.82, 2.24) is 10.3 Å². The van der Waals surface area contributed by atoms with Gasteiger partial charge in [0.05, 0.1) is 13.2 Å². The van der Waals surface area contributed by atoms with Crippen LogP contribution < -0.4 is 5.32 Å². The summed E-state index contributed by atoms with van der Waals surface area (Å²) in [6, 6.07) is 6.31. The van der Waals surface area contributed by atoms with Gasteiger partial charge in [-0.2, -0.15) is 0 Å². The number of aromatic nitrogens is 1. The molecule has 102 valence electrons. The number of hydrogen-bond acceptors (Lipinski definition) is 4. The molecule has 1 aromatic carbocycles. The van der Waals surface area contributed by atoms with E-state index in [0.717, 1.165) is 30.1 Å². The largest absolute Gasteiger partial charge is 0.439 e. The van der Waals surface area contributed by atoms with Crippen molar-refractivity contribution in [2.45, 2.75) is 32.2 Å². The first kappa shape index (κ1) is 12.6. The van der Waals surface area contributed by atoms with E-state index in [-0.39, 0.29) is 11.5 Å². The van der Waals surface area contributed by atoms with Gasteiger partial charge < -0.3 is 14.5 Å². The highest BCUT2D eigenvalue weighted by molar-refractivity contribution is 5.73. The lowest BCUT2D eigenvalue weighted by Gasteiger charge is -2.20. The fourth-order valence-corrected chi connectivity index (χ4v) is 2.28. The Balaban J connectivity index is 1.96. The molecule has 4 heteroatoms. The summed E-state index contributed by atoms with van der Waals surface area (Å²) in [6.07, 6.45) is 0. The average Bonchev–Trinajstić information content (AvgIpc) is 2.81. The van der Waals surface area contributed by atoms with E-state index in [0.29, 0.717) is 6.61 Å². The van der Waals surface area contributed by atoms with Gasteiger partial charge in [0.1, 0.15) is 11.6 Å². The number of benzene rings is 1. The van der Waals surface area contributed by atoms with Gasteiger partial charge in [-0.15, -0.1) is 0 Å². The summed E-state index contributed by atoms with van der Waals surface area (Å²) in [6.45, 7) is 8.82. The predicted octanol–water partition coefficient (Wildman–Crippen LogP) is 2.79. The molecule has 1 N–H and O–H groups in total. The molecule has 0 saturated carbocycles. The zero-order valence-corrected chi connectivity index (χ0v) is 11.7. The zero-order valence-electron chi connectivity index (χ0n) is 11.7. The van der Waals surface area contributed by atoms with Crippen molar-refractivity contribution in [3.63, 3.8) is 0 Å². The normalized spacial score (nSPS) is 20.9. The van der Waals surface area contributed by atoms with Gasteiger partial charge in [-0.3, -0.25) is 0 Å². The van der Waals surface area contributed by atoms with Crippen molar-refractivity contribution in [2.24, 2.45) is 0 Å². The minimum atomic E-state index is 0.0687. The average molecular weight is 260 g/mol. The Labute approximate surface area is 113 Å². The molecule has 4 nitrogen and oxygen atoms in total. The third-order valence-electron chi connectivity index (χ3n) is 3.49. The molecular formula is C15H20N2O2. The molecule has 3 rings (SSSR count). The molecule has 1 aromatic heterocycles. The molecule has 0 amide bonds. The summed E-state index contributed by atoms with van der Waals surface area (Å²) in [5.74, 6) is 0.723. The lowest BCUT2D eigenvalue weighted by atomic mass is 9.87. The Morgan fingerprint density at radius 3 is 2.84 bits per heavy atom. The molecule has 1 atom stereocenters. The van der Waals surface area contributed by atoms with Crippen molar-refractivity contribution < 1.29 is 9.15 Å². The summed E-state index contributed by atoms with van der Waals surface area (Å²) in [4.78, 5) is 4.60. The SMILES string of the molecule is CC(C)(C)c1ccc2oc(C3COCCN3)nc2c1. The Hall–Kier alpha value is -1.39. The third-order valence-corrected chi connectivity index (χ3v) is 3.49. The van der Waals surface area contributed by atoms with Crippen molar-refractivity contribution >= 4 is 11.1 Å². The lowest BCUT2D eigenvalue weighted by molar-refractivity contribution is 0.0687. The van der Waals surface area contributed by atoms with Crippen molar-refractivity contribution in [1.29, 1.82) is 0 Å². The molecule has 1 unspecified atom stereocenters. The van der Waals surface area contributed by atoms with Gasteiger partial charge in [0.15, 0.2) is 5.58 Å². The lowest BCUT2D eigenvalue weighted by Crippen LogP contribution is -2.34. The molecule has 19 heavy (non-hydrogen) atoms. The van der Waals surface area contributed by atoms with Gasteiger partial charge in [0.2, 0.25) is 5.89 Å². The number of oxazole rings is 1. The van der Waals surface area contributed by atoms with Gasteiger partial charge in [-0.05, 0) is 23.1 Å². The van der Waals surface area contributed by atoms with Crippen LogP contribution in [0.15, 0.2) is 22.6 Å². The summed E-state index contributed by atoms with van der Waals surface area (Å²) in [5, 5.41) is 3.36. The highest BCUT2D eigenvalue weighted by Crippen LogP contribution is 2.27. The molecular weight excluding hydrogens is 240 g/mol. The van der Waals surface area contributed by atoms with E-state index < -0.39 is 0 Å². The Morgan fingerprint density at radius 2 is 2.16 bits per heavy atom. The van der Waals surface area contributed by atoms with Crippen molar-refractivity contribution in [2.75, 3.05) is 19.8 Å². The van der Waals surface area contributed by atoms with Crippen LogP contribution in [0.5, 0.6) is 0 Å². The molecule has 0 spiro atoms. The number of nitrogens with one attached hydrogen (secondary N) is 1. The van der Waals surface area contributed by atoms with Gasteiger partial charge in [-0.25, -0.2) is 4.98 Å². The Kier molecular flexibility index (Phi) is 3.07. The number of ether oxygens (including phenoxy) is 1. The number of hydrogen-bond donors (Lipinski definition) is 1. The fourth-order valence-electron chi connectivity index (χ4n) is 2.28. The number of morpholine rings is 1. The van der Waals surface area contributed by atoms with E-state index in [4.69, 9.17) is 9.15 Å². The fraction of sp³-hybridized carbons (Fsp3) is 0.533. The summed E-state index contributed by atoms with van der Waals surface area (Å²) < 4.78 is 11.3. The van der Waals surface area contributed by atoms with Crippen LogP contribution in [0.25, 0.3) is 11.1 Å². The quantitative estimate of drug-likeness (QED) is 0.856. The summed E-state index contributed by atoms with van der Waals surface area (Å²) in [5.41, 5.74) is 3.16. The molecule has 1 fully saturated rings. The molecule has 0 aliphatic carbocycles. The number of rotatable bonds is 1. The summed E-state index contributed by atoms with van der Waals surface area (Å²) in [7, 11) is 0. The van der Waals surface area contributed by atoms with E-state index in [2.05, 4.69) is 43.2 Å². The standard InChI is InChI=1S/C15H20N2O2/c1-15(2,3)10-4-5-13-11(8-10)17-14(19-13)12-9-18-7-6-16-12/h4-5,8,12,16H,6-7,9H2,1-3H3. The highest BCUT2D eigenvalue weighted by atomic mass is 16.5. The Bertz CT molecular complexity index is 577. The van der Waals surface area contributed by atoms with Crippen LogP contribution in [0.2, 0.25) is 0 Å². The second-order valence-electron chi connectivity index (χ2n) is 6.07. The Morgan fingerprint density at radius 1 is 1.32 bits per heavy atom. The van der Waals surface area contributed by atoms with Gasteiger partial charge >= 0.3 is 0 Å². The second kappa shape index (κ2) is 4.62. The molecule has 1 saturated heterocycles. The summed E-state index contributed by atoms with van der Waals surface area (Å²) >= 11 is 0. The minimum absolute atomic E-state index is 0.0687. The smallest absolute Gasteiger partial charge is 0.215 e. The van der Waals surface area contributed by atoms with Crippen LogP contribution in [0, 0.1) is 0 Å². The van der Waals surface area contributed by atoms with Crippen LogP contribution in [0.4, 0.5) is 0 Å². The topological polar surface area (TPSA) is 47.3 Å². The molecule has 2 aromatic rings. The number of nitrogens with zero attached hydrogens (tertiary/aromatic N) is 1. The van der Waals surface area contributed by atoms with Crippen LogP contribution >= 0.6 is 0 Å². The van der Waals surface area contributed by atoms with Gasteiger partial charge in [0, 0.05) is 6.54 Å². The third kappa shape index (κ3) is 2.51. The van der Waals surface area contributed by atoms with E-state index in [1.54, 1.807) is 0 Å². The van der Waals surface area contributed by atoms with Crippen molar-refractivity contribution in [3.8, 4) is 0 Å². The van der Waals surface area contributed by atoms with Crippen LogP contribution in [0.1, 0.15) is 38.3 Å². The van der Waals surface area contributed by atoms with E-state index in [1.807, 2.05) is 6.07 Å².